The van der Waals surface area contributed by atoms with E-state index in [0.29, 0.717) is 17.8 Å². The van der Waals surface area contributed by atoms with Crippen molar-refractivity contribution in [3.63, 3.8) is 0 Å². The lowest BCUT2D eigenvalue weighted by atomic mass is 10.1. The number of aliphatic carboxylic acids is 1. The Hall–Kier alpha value is -2.73. The van der Waals surface area contributed by atoms with Gasteiger partial charge in [0, 0.05) is 12.1 Å². The maximum Gasteiger partial charge on any atom is 0.334 e. The molecule has 1 N–H and O–H groups in total. The highest BCUT2D eigenvalue weighted by Gasteiger charge is 2.33. The Balaban J connectivity index is 1.84. The molecule has 1 fully saturated rings. The molecule has 0 radical (unpaired) electrons. The molecular weight excluding hydrogens is 320 g/mol. The van der Waals surface area contributed by atoms with Gasteiger partial charge in [-0.05, 0) is 26.0 Å². The third-order valence-electron chi connectivity index (χ3n) is 4.21. The lowest BCUT2D eigenvalue weighted by molar-refractivity contribution is -0.160. The molecule has 1 aromatic heterocycles. The number of carboxylic acids is 1. The normalized spacial score (nSPS) is 20.3. The van der Waals surface area contributed by atoms with Crippen LogP contribution in [0.1, 0.15) is 23.0 Å². The average Bonchev–Trinajstić information content (AvgIpc) is 2.61. The van der Waals surface area contributed by atoms with Crippen molar-refractivity contribution in [1.29, 1.82) is 0 Å². The third-order valence-corrected chi connectivity index (χ3v) is 4.21. The molecule has 0 aliphatic carbocycles. The number of hydrogen-bond donors (Lipinski definition) is 1. The van der Waals surface area contributed by atoms with Gasteiger partial charge in [-0.3, -0.25) is 9.78 Å². The van der Waals surface area contributed by atoms with Crippen LogP contribution in [0.15, 0.2) is 42.5 Å². The fourth-order valence-corrected chi connectivity index (χ4v) is 2.98. The highest BCUT2D eigenvalue weighted by molar-refractivity contribution is 5.96. The fraction of sp³-hybridized carbons (Fsp3) is 0.316. The lowest BCUT2D eigenvalue weighted by Crippen LogP contribution is -2.51. The molecule has 0 spiro atoms. The first kappa shape index (κ1) is 17.1. The van der Waals surface area contributed by atoms with Gasteiger partial charge in [-0.15, -0.1) is 0 Å². The summed E-state index contributed by atoms with van der Waals surface area (Å²) in [5.74, 6) is -1.27. The van der Waals surface area contributed by atoms with Crippen LogP contribution in [0.3, 0.4) is 0 Å². The van der Waals surface area contributed by atoms with Crippen molar-refractivity contribution in [2.24, 2.45) is 0 Å². The van der Waals surface area contributed by atoms with E-state index in [1.54, 1.807) is 19.9 Å². The summed E-state index contributed by atoms with van der Waals surface area (Å²) in [6, 6.07) is 13.3. The molecule has 130 valence electrons. The van der Waals surface area contributed by atoms with Gasteiger partial charge in [0.2, 0.25) is 0 Å². The number of carbonyl (C=O) groups is 2. The number of morpholine rings is 1. The number of carboxylic acid groups (broad SMARTS) is 1. The van der Waals surface area contributed by atoms with Gasteiger partial charge in [0.25, 0.3) is 5.91 Å². The fourth-order valence-electron chi connectivity index (χ4n) is 2.98. The standard InChI is InChI=1S/C19H20N2O4/c1-12-10-21(11-17(25-12)19(23)24)18(22)15-8-9-16(20-13(15)2)14-6-4-3-5-7-14/h3-9,12,17H,10-11H2,1-2H3,(H,23,24)/t12-,17?/m1/s1. The van der Waals surface area contributed by atoms with Crippen molar-refractivity contribution in [2.45, 2.75) is 26.1 Å². The zero-order valence-corrected chi connectivity index (χ0v) is 14.2. The van der Waals surface area contributed by atoms with Crippen LogP contribution in [0.4, 0.5) is 0 Å². The van der Waals surface area contributed by atoms with Gasteiger partial charge in [0.05, 0.1) is 29.6 Å². The first-order valence-corrected chi connectivity index (χ1v) is 8.16. The predicted octanol–water partition coefficient (Wildman–Crippen LogP) is 2.37. The van der Waals surface area contributed by atoms with Gasteiger partial charge < -0.3 is 14.7 Å². The highest BCUT2D eigenvalue weighted by Crippen LogP contribution is 2.21. The van der Waals surface area contributed by atoms with Gasteiger partial charge in [0.15, 0.2) is 6.10 Å². The number of aromatic nitrogens is 1. The Labute approximate surface area is 146 Å². The maximum absolute atomic E-state index is 12.8. The molecule has 1 unspecified atom stereocenters. The summed E-state index contributed by atoms with van der Waals surface area (Å²) in [6.07, 6.45) is -1.32. The maximum atomic E-state index is 12.8. The van der Waals surface area contributed by atoms with E-state index in [0.717, 1.165) is 11.3 Å². The Kier molecular flexibility index (Phi) is 4.81. The number of rotatable bonds is 3. The van der Waals surface area contributed by atoms with E-state index >= 15 is 0 Å². The van der Waals surface area contributed by atoms with Crippen molar-refractivity contribution < 1.29 is 19.4 Å². The largest absolute Gasteiger partial charge is 0.479 e. The average molecular weight is 340 g/mol. The van der Waals surface area contributed by atoms with E-state index in [-0.39, 0.29) is 18.6 Å². The Bertz CT molecular complexity index is 791. The summed E-state index contributed by atoms with van der Waals surface area (Å²) < 4.78 is 5.36. The van der Waals surface area contributed by atoms with Crippen molar-refractivity contribution >= 4 is 11.9 Å². The van der Waals surface area contributed by atoms with Crippen LogP contribution in [0.2, 0.25) is 0 Å². The minimum atomic E-state index is -1.06. The van der Waals surface area contributed by atoms with Crippen molar-refractivity contribution in [2.75, 3.05) is 13.1 Å². The van der Waals surface area contributed by atoms with Crippen LogP contribution in [0, 0.1) is 6.92 Å². The van der Waals surface area contributed by atoms with Gasteiger partial charge in [-0.2, -0.15) is 0 Å². The summed E-state index contributed by atoms with van der Waals surface area (Å²) in [5.41, 5.74) is 2.89. The number of hydrogen-bond acceptors (Lipinski definition) is 4. The van der Waals surface area contributed by atoms with Crippen molar-refractivity contribution in [3.8, 4) is 11.3 Å². The molecule has 1 aliphatic heterocycles. The Morgan fingerprint density at radius 2 is 1.88 bits per heavy atom. The first-order valence-electron chi connectivity index (χ1n) is 8.16. The lowest BCUT2D eigenvalue weighted by Gasteiger charge is -2.35. The number of nitrogens with zero attached hydrogens (tertiary/aromatic N) is 2. The number of amides is 1. The minimum absolute atomic E-state index is 0.0401. The summed E-state index contributed by atoms with van der Waals surface area (Å²) >= 11 is 0. The molecule has 2 atom stereocenters. The Morgan fingerprint density at radius 3 is 2.52 bits per heavy atom. The van der Waals surface area contributed by atoms with E-state index in [2.05, 4.69) is 4.98 Å². The van der Waals surface area contributed by atoms with Crippen LogP contribution in [-0.2, 0) is 9.53 Å². The number of carbonyl (C=O) groups excluding carboxylic acids is 1. The van der Waals surface area contributed by atoms with E-state index in [1.807, 2.05) is 36.4 Å². The second-order valence-corrected chi connectivity index (χ2v) is 6.18. The van der Waals surface area contributed by atoms with E-state index < -0.39 is 12.1 Å². The molecule has 2 heterocycles. The smallest absolute Gasteiger partial charge is 0.334 e. The number of aryl methyl sites for hydroxylation is 1. The second-order valence-electron chi connectivity index (χ2n) is 6.18. The quantitative estimate of drug-likeness (QED) is 0.928. The summed E-state index contributed by atoms with van der Waals surface area (Å²) in [7, 11) is 0. The third kappa shape index (κ3) is 3.69. The van der Waals surface area contributed by atoms with Crippen LogP contribution in [0.25, 0.3) is 11.3 Å². The second kappa shape index (κ2) is 7.03. The zero-order valence-electron chi connectivity index (χ0n) is 14.2. The monoisotopic (exact) mass is 340 g/mol. The summed E-state index contributed by atoms with van der Waals surface area (Å²) in [5, 5.41) is 9.17. The van der Waals surface area contributed by atoms with E-state index in [9.17, 15) is 9.59 Å². The summed E-state index contributed by atoms with van der Waals surface area (Å²) in [4.78, 5) is 30.1. The Morgan fingerprint density at radius 1 is 1.16 bits per heavy atom. The van der Waals surface area contributed by atoms with Gasteiger partial charge >= 0.3 is 5.97 Å². The minimum Gasteiger partial charge on any atom is -0.479 e. The zero-order chi connectivity index (χ0) is 18.0. The molecular formula is C19H20N2O4. The van der Waals surface area contributed by atoms with Gasteiger partial charge in [-0.25, -0.2) is 4.79 Å². The first-order chi connectivity index (χ1) is 12.0. The molecule has 1 aliphatic rings. The van der Waals surface area contributed by atoms with E-state index in [4.69, 9.17) is 9.84 Å². The molecule has 2 aromatic rings. The topological polar surface area (TPSA) is 79.7 Å². The molecule has 0 saturated carbocycles. The molecule has 6 heteroatoms. The molecule has 1 amide bonds. The molecule has 6 nitrogen and oxygen atoms in total. The molecule has 0 bridgehead atoms. The van der Waals surface area contributed by atoms with Gasteiger partial charge in [-0.1, -0.05) is 30.3 Å². The number of pyridine rings is 1. The number of ether oxygens (including phenoxy) is 1. The summed E-state index contributed by atoms with van der Waals surface area (Å²) in [6.45, 7) is 3.96. The molecule has 3 rings (SSSR count). The highest BCUT2D eigenvalue weighted by atomic mass is 16.5. The van der Waals surface area contributed by atoms with Crippen molar-refractivity contribution in [3.05, 3.63) is 53.7 Å². The molecule has 25 heavy (non-hydrogen) atoms. The number of benzene rings is 1. The predicted molar refractivity (Wildman–Crippen MR) is 92.3 cm³/mol. The van der Waals surface area contributed by atoms with Crippen molar-refractivity contribution in [1.82, 2.24) is 9.88 Å². The van der Waals surface area contributed by atoms with Crippen LogP contribution >= 0.6 is 0 Å². The van der Waals surface area contributed by atoms with Crippen LogP contribution < -0.4 is 0 Å². The van der Waals surface area contributed by atoms with Crippen LogP contribution in [0.5, 0.6) is 0 Å². The SMILES string of the molecule is Cc1nc(-c2ccccc2)ccc1C(=O)N1CC(C(=O)O)O[C@H](C)C1. The van der Waals surface area contributed by atoms with E-state index in [1.165, 1.54) is 4.90 Å². The molecule has 1 aromatic carbocycles. The van der Waals surface area contributed by atoms with Crippen LogP contribution in [-0.4, -0.2) is 52.2 Å². The van der Waals surface area contributed by atoms with Gasteiger partial charge in [0.1, 0.15) is 0 Å². The molecule has 1 saturated heterocycles.